The summed E-state index contributed by atoms with van der Waals surface area (Å²) in [6.07, 6.45) is 10.9. The van der Waals surface area contributed by atoms with Crippen molar-refractivity contribution >= 4 is 18.1 Å². The molecule has 0 bridgehead atoms. The van der Waals surface area contributed by atoms with E-state index in [1.165, 1.54) is 25.7 Å². The van der Waals surface area contributed by atoms with Crippen molar-refractivity contribution in [2.45, 2.75) is 44.6 Å². The minimum absolute atomic E-state index is 0.0242. The summed E-state index contributed by atoms with van der Waals surface area (Å²) in [6, 6.07) is 7.89. The van der Waals surface area contributed by atoms with Gasteiger partial charge < -0.3 is 10.3 Å². The van der Waals surface area contributed by atoms with Crippen molar-refractivity contribution in [2.75, 3.05) is 0 Å². The van der Waals surface area contributed by atoms with Gasteiger partial charge in [0.1, 0.15) is 0 Å². The van der Waals surface area contributed by atoms with Crippen molar-refractivity contribution in [3.63, 3.8) is 0 Å². The highest BCUT2D eigenvalue weighted by Crippen LogP contribution is 2.18. The lowest BCUT2D eigenvalue weighted by atomic mass is 10.1. The maximum absolute atomic E-state index is 12.3. The van der Waals surface area contributed by atoms with Crippen LogP contribution < -0.4 is 5.32 Å². The van der Waals surface area contributed by atoms with Crippen LogP contribution in [0.1, 0.15) is 48.9 Å². The van der Waals surface area contributed by atoms with Gasteiger partial charge in [0.05, 0.1) is 0 Å². The molecule has 0 saturated heterocycles. The summed E-state index contributed by atoms with van der Waals surface area (Å²) in [5.74, 6) is 0.0242. The molecule has 0 unspecified atom stereocenters. The number of aromatic nitrogens is 2. The largest absolute Gasteiger partial charge is 0.349 e. The average molecular weight is 315 g/mol. The topological polar surface area (TPSA) is 49.8 Å². The molecule has 1 aliphatic carbocycles. The lowest BCUT2D eigenvalue weighted by Crippen LogP contribution is -2.34. The number of nitrogens with one attached hydrogen (secondary N) is 2. The van der Waals surface area contributed by atoms with E-state index in [4.69, 9.17) is 12.2 Å². The van der Waals surface area contributed by atoms with Crippen LogP contribution in [0.2, 0.25) is 0 Å². The summed E-state index contributed by atoms with van der Waals surface area (Å²) in [4.78, 5) is 15.3. The first-order valence-electron chi connectivity index (χ1n) is 7.91. The molecule has 1 heterocycles. The van der Waals surface area contributed by atoms with Crippen LogP contribution in [0.4, 0.5) is 0 Å². The maximum atomic E-state index is 12.3. The fraction of sp³-hybridized carbons (Fsp3) is 0.412. The summed E-state index contributed by atoms with van der Waals surface area (Å²) >= 11 is 5.20. The SMILES string of the molecule is O=C(NC1CCCCCC1)c1ccc(-n2cc[nH]c2=S)cc1. The molecule has 3 rings (SSSR count). The third kappa shape index (κ3) is 3.47. The molecule has 1 saturated carbocycles. The number of amides is 1. The molecule has 1 aromatic carbocycles. The number of imidazole rings is 1. The van der Waals surface area contributed by atoms with E-state index in [2.05, 4.69) is 10.3 Å². The Morgan fingerprint density at radius 1 is 1.14 bits per heavy atom. The number of hydrogen-bond acceptors (Lipinski definition) is 2. The molecule has 1 amide bonds. The first-order chi connectivity index (χ1) is 10.7. The Bertz CT molecular complexity index is 678. The van der Waals surface area contributed by atoms with Gasteiger partial charge in [-0.3, -0.25) is 9.36 Å². The Kier molecular flexibility index (Phi) is 4.73. The molecule has 5 heteroatoms. The van der Waals surface area contributed by atoms with E-state index < -0.39 is 0 Å². The van der Waals surface area contributed by atoms with E-state index in [0.29, 0.717) is 16.4 Å². The molecule has 0 aliphatic heterocycles. The average Bonchev–Trinajstić information content (AvgIpc) is 2.80. The third-order valence-corrected chi connectivity index (χ3v) is 4.56. The van der Waals surface area contributed by atoms with Crippen LogP contribution in [-0.4, -0.2) is 21.5 Å². The van der Waals surface area contributed by atoms with E-state index in [1.54, 1.807) is 6.20 Å². The normalized spacial score (nSPS) is 16.2. The molecule has 1 fully saturated rings. The van der Waals surface area contributed by atoms with Crippen molar-refractivity contribution in [1.29, 1.82) is 0 Å². The highest BCUT2D eigenvalue weighted by Gasteiger charge is 2.15. The number of hydrogen-bond donors (Lipinski definition) is 2. The Labute approximate surface area is 135 Å². The molecule has 22 heavy (non-hydrogen) atoms. The highest BCUT2D eigenvalue weighted by molar-refractivity contribution is 7.71. The summed E-state index contributed by atoms with van der Waals surface area (Å²) < 4.78 is 2.53. The van der Waals surface area contributed by atoms with Crippen molar-refractivity contribution < 1.29 is 4.79 Å². The monoisotopic (exact) mass is 315 g/mol. The molecule has 0 atom stereocenters. The van der Waals surface area contributed by atoms with Crippen LogP contribution in [0.15, 0.2) is 36.7 Å². The Hall–Kier alpha value is -1.88. The summed E-state index contributed by atoms with van der Waals surface area (Å²) in [6.45, 7) is 0. The van der Waals surface area contributed by atoms with Crippen LogP contribution in [0, 0.1) is 4.77 Å². The van der Waals surface area contributed by atoms with Gasteiger partial charge in [0.2, 0.25) is 0 Å². The van der Waals surface area contributed by atoms with Gasteiger partial charge in [-0.25, -0.2) is 0 Å². The fourth-order valence-corrected chi connectivity index (χ4v) is 3.22. The first-order valence-corrected chi connectivity index (χ1v) is 8.32. The van der Waals surface area contributed by atoms with Crippen molar-refractivity contribution in [3.8, 4) is 5.69 Å². The van der Waals surface area contributed by atoms with Gasteiger partial charge in [0.25, 0.3) is 5.91 Å². The zero-order chi connectivity index (χ0) is 15.4. The van der Waals surface area contributed by atoms with Crippen molar-refractivity contribution in [1.82, 2.24) is 14.9 Å². The van der Waals surface area contributed by atoms with Gasteiger partial charge in [-0.05, 0) is 49.3 Å². The van der Waals surface area contributed by atoms with Gasteiger partial charge in [-0.2, -0.15) is 0 Å². The van der Waals surface area contributed by atoms with Crippen LogP contribution in [-0.2, 0) is 0 Å². The number of rotatable bonds is 3. The molecule has 0 spiro atoms. The van der Waals surface area contributed by atoms with E-state index in [1.807, 2.05) is 35.0 Å². The molecule has 4 nitrogen and oxygen atoms in total. The summed E-state index contributed by atoms with van der Waals surface area (Å²) in [7, 11) is 0. The van der Waals surface area contributed by atoms with E-state index in [0.717, 1.165) is 18.5 Å². The molecule has 2 aromatic rings. The fourth-order valence-electron chi connectivity index (χ4n) is 2.99. The summed E-state index contributed by atoms with van der Waals surface area (Å²) in [5.41, 5.74) is 1.66. The first kappa shape index (κ1) is 15.0. The maximum Gasteiger partial charge on any atom is 0.251 e. The van der Waals surface area contributed by atoms with Crippen LogP contribution in [0.5, 0.6) is 0 Å². The van der Waals surface area contributed by atoms with Crippen LogP contribution in [0.3, 0.4) is 0 Å². The highest BCUT2D eigenvalue weighted by atomic mass is 32.1. The molecule has 2 N–H and O–H groups in total. The zero-order valence-corrected chi connectivity index (χ0v) is 13.4. The lowest BCUT2D eigenvalue weighted by molar-refractivity contribution is 0.0933. The Morgan fingerprint density at radius 3 is 2.41 bits per heavy atom. The zero-order valence-electron chi connectivity index (χ0n) is 12.5. The number of carbonyl (C=O) groups is 1. The van der Waals surface area contributed by atoms with Crippen molar-refractivity contribution in [2.24, 2.45) is 0 Å². The molecular weight excluding hydrogens is 294 g/mol. The third-order valence-electron chi connectivity index (χ3n) is 4.25. The minimum Gasteiger partial charge on any atom is -0.349 e. The van der Waals surface area contributed by atoms with Crippen LogP contribution in [0.25, 0.3) is 5.69 Å². The summed E-state index contributed by atoms with van der Waals surface area (Å²) in [5, 5.41) is 3.17. The molecule has 1 aliphatic rings. The van der Waals surface area contributed by atoms with Gasteiger partial charge in [-0.15, -0.1) is 0 Å². The molecule has 0 radical (unpaired) electrons. The van der Waals surface area contributed by atoms with Crippen molar-refractivity contribution in [3.05, 3.63) is 47.0 Å². The Morgan fingerprint density at radius 2 is 1.82 bits per heavy atom. The second kappa shape index (κ2) is 6.92. The Balaban J connectivity index is 1.68. The smallest absolute Gasteiger partial charge is 0.251 e. The number of aromatic amines is 1. The van der Waals surface area contributed by atoms with Gasteiger partial charge in [0.15, 0.2) is 4.77 Å². The number of carbonyl (C=O) groups excluding carboxylic acids is 1. The standard InChI is InChI=1S/C17H21N3OS/c21-16(19-14-5-3-1-2-4-6-14)13-7-9-15(10-8-13)20-12-11-18-17(20)22/h7-12,14H,1-6H2,(H,18,22)(H,19,21). The molecule has 1 aromatic heterocycles. The number of H-pyrrole nitrogens is 1. The van der Waals surface area contributed by atoms with Crippen LogP contribution >= 0.6 is 12.2 Å². The predicted molar refractivity (Wildman–Crippen MR) is 89.9 cm³/mol. The number of benzene rings is 1. The number of nitrogens with zero attached hydrogens (tertiary/aromatic N) is 1. The predicted octanol–water partition coefficient (Wildman–Crippen LogP) is 3.99. The van der Waals surface area contributed by atoms with E-state index in [9.17, 15) is 4.79 Å². The molecule has 116 valence electrons. The van der Waals surface area contributed by atoms with E-state index >= 15 is 0 Å². The second-order valence-corrected chi connectivity index (χ2v) is 6.23. The quantitative estimate of drug-likeness (QED) is 0.665. The molecular formula is C17H21N3OS. The second-order valence-electron chi connectivity index (χ2n) is 5.84. The van der Waals surface area contributed by atoms with Gasteiger partial charge in [0, 0.05) is 29.7 Å². The van der Waals surface area contributed by atoms with Gasteiger partial charge in [-0.1, -0.05) is 25.7 Å². The minimum atomic E-state index is 0.0242. The van der Waals surface area contributed by atoms with Gasteiger partial charge >= 0.3 is 0 Å². The van der Waals surface area contributed by atoms with E-state index in [-0.39, 0.29) is 5.91 Å². The lowest BCUT2D eigenvalue weighted by Gasteiger charge is -2.16.